The highest BCUT2D eigenvalue weighted by molar-refractivity contribution is 5.59. The number of carbonyl (C=O) groups excluding carboxylic acids is 1. The Balaban J connectivity index is 2.26. The number of methoxy groups -OCH3 is 1. The minimum absolute atomic E-state index is 0.578. The fourth-order valence-corrected chi connectivity index (χ4v) is 1.24. The van der Waals surface area contributed by atoms with Crippen molar-refractivity contribution < 1.29 is 9.53 Å². The fraction of sp³-hybridized carbons (Fsp3) is 0.222. The lowest BCUT2D eigenvalue weighted by Gasteiger charge is -2.07. The summed E-state index contributed by atoms with van der Waals surface area (Å²) in [6.45, 7) is 0. The van der Waals surface area contributed by atoms with Gasteiger partial charge >= 0.3 is 0 Å². The molecule has 7 heteroatoms. The Kier molecular flexibility index (Phi) is 2.97. The predicted octanol–water partition coefficient (Wildman–Crippen LogP) is -0.0563. The van der Waals surface area contributed by atoms with Crippen LogP contribution in [0.2, 0.25) is 0 Å². The highest BCUT2D eigenvalue weighted by atomic mass is 16.5. The molecule has 0 aliphatic carbocycles. The van der Waals surface area contributed by atoms with Crippen LogP contribution in [0, 0.1) is 0 Å². The Hall–Kier alpha value is -2.15. The van der Waals surface area contributed by atoms with E-state index in [9.17, 15) is 4.79 Å². The molecule has 0 aliphatic heterocycles. The zero-order valence-corrected chi connectivity index (χ0v) is 8.52. The monoisotopic (exact) mass is 219 g/mol. The molecule has 1 atom stereocenters. The van der Waals surface area contributed by atoms with Crippen LogP contribution in [-0.2, 0) is 9.53 Å². The van der Waals surface area contributed by atoms with Crippen LogP contribution in [0.3, 0.4) is 0 Å². The van der Waals surface area contributed by atoms with Gasteiger partial charge in [-0.3, -0.25) is 0 Å². The summed E-state index contributed by atoms with van der Waals surface area (Å²) in [4.78, 5) is 14.8. The molecule has 0 aliphatic rings. The lowest BCUT2D eigenvalue weighted by atomic mass is 10.2. The standard InChI is InChI=1S/C9H9N5O2/c1-16-8(5-15)7-2-3-9(10-4-7)14-6-11-12-13-14/h2-6,8H,1H3/t8-/m0/s1. The van der Waals surface area contributed by atoms with Crippen LogP contribution in [0.4, 0.5) is 0 Å². The fourth-order valence-electron chi connectivity index (χ4n) is 1.24. The van der Waals surface area contributed by atoms with Gasteiger partial charge in [-0.25, -0.2) is 4.98 Å². The van der Waals surface area contributed by atoms with Crippen molar-refractivity contribution in [2.24, 2.45) is 0 Å². The van der Waals surface area contributed by atoms with Gasteiger partial charge in [0.15, 0.2) is 12.1 Å². The van der Waals surface area contributed by atoms with Crippen molar-refractivity contribution in [3.63, 3.8) is 0 Å². The van der Waals surface area contributed by atoms with Gasteiger partial charge in [0.25, 0.3) is 0 Å². The Bertz CT molecular complexity index is 453. The summed E-state index contributed by atoms with van der Waals surface area (Å²) in [6.07, 6.45) is 3.12. The minimum atomic E-state index is -0.588. The first kappa shape index (κ1) is 10.4. The molecule has 2 rings (SSSR count). The van der Waals surface area contributed by atoms with Crippen LogP contribution in [0.15, 0.2) is 24.7 Å². The molecule has 0 spiro atoms. The third kappa shape index (κ3) is 1.94. The van der Waals surface area contributed by atoms with Crippen molar-refractivity contribution in [1.29, 1.82) is 0 Å². The van der Waals surface area contributed by atoms with E-state index in [4.69, 9.17) is 4.74 Å². The summed E-state index contributed by atoms with van der Waals surface area (Å²) in [5.41, 5.74) is 0.689. The summed E-state index contributed by atoms with van der Waals surface area (Å²) >= 11 is 0. The molecule has 7 nitrogen and oxygen atoms in total. The molecule has 0 radical (unpaired) electrons. The molecule has 2 heterocycles. The van der Waals surface area contributed by atoms with E-state index in [1.54, 1.807) is 18.3 Å². The van der Waals surface area contributed by atoms with Gasteiger partial charge in [-0.15, -0.1) is 5.10 Å². The molecule has 82 valence electrons. The van der Waals surface area contributed by atoms with Gasteiger partial charge in [0.2, 0.25) is 0 Å². The molecular formula is C9H9N5O2. The molecular weight excluding hydrogens is 210 g/mol. The van der Waals surface area contributed by atoms with Crippen molar-refractivity contribution in [2.45, 2.75) is 6.10 Å². The van der Waals surface area contributed by atoms with E-state index in [-0.39, 0.29) is 0 Å². The van der Waals surface area contributed by atoms with Crippen molar-refractivity contribution >= 4 is 6.29 Å². The van der Waals surface area contributed by atoms with Gasteiger partial charge < -0.3 is 9.53 Å². The Morgan fingerprint density at radius 2 is 2.38 bits per heavy atom. The second kappa shape index (κ2) is 4.58. The number of tetrazole rings is 1. The lowest BCUT2D eigenvalue weighted by Crippen LogP contribution is -2.05. The van der Waals surface area contributed by atoms with Gasteiger partial charge in [0, 0.05) is 18.9 Å². The topological polar surface area (TPSA) is 82.8 Å². The van der Waals surface area contributed by atoms with Crippen LogP contribution in [-0.4, -0.2) is 38.6 Å². The number of hydrogen-bond donors (Lipinski definition) is 0. The third-order valence-electron chi connectivity index (χ3n) is 2.06. The van der Waals surface area contributed by atoms with Gasteiger partial charge in [0.1, 0.15) is 12.4 Å². The smallest absolute Gasteiger partial charge is 0.156 e. The van der Waals surface area contributed by atoms with E-state index in [2.05, 4.69) is 20.5 Å². The molecule has 2 aromatic heterocycles. The number of ether oxygens (including phenoxy) is 1. The van der Waals surface area contributed by atoms with E-state index in [0.29, 0.717) is 17.7 Å². The molecule has 0 amide bonds. The minimum Gasteiger partial charge on any atom is -0.369 e. The van der Waals surface area contributed by atoms with E-state index < -0.39 is 6.10 Å². The van der Waals surface area contributed by atoms with Crippen molar-refractivity contribution in [2.75, 3.05) is 7.11 Å². The molecule has 16 heavy (non-hydrogen) atoms. The highest BCUT2D eigenvalue weighted by Crippen LogP contribution is 2.13. The summed E-state index contributed by atoms with van der Waals surface area (Å²) in [5, 5.41) is 10.7. The second-order valence-corrected chi connectivity index (χ2v) is 3.00. The SMILES string of the molecule is CO[C@@H](C=O)c1ccc(-n2cnnn2)nc1. The molecule has 0 fully saturated rings. The quantitative estimate of drug-likeness (QED) is 0.670. The van der Waals surface area contributed by atoms with Gasteiger partial charge in [-0.2, -0.15) is 4.68 Å². The van der Waals surface area contributed by atoms with Crippen LogP contribution < -0.4 is 0 Å². The normalized spacial score (nSPS) is 12.3. The van der Waals surface area contributed by atoms with Crippen molar-refractivity contribution in [3.8, 4) is 5.82 Å². The second-order valence-electron chi connectivity index (χ2n) is 3.00. The first-order valence-corrected chi connectivity index (χ1v) is 4.52. The Morgan fingerprint density at radius 1 is 1.50 bits per heavy atom. The maximum atomic E-state index is 10.7. The van der Waals surface area contributed by atoms with Crippen LogP contribution >= 0.6 is 0 Å². The third-order valence-corrected chi connectivity index (χ3v) is 2.06. The van der Waals surface area contributed by atoms with Crippen LogP contribution in [0.5, 0.6) is 0 Å². The maximum Gasteiger partial charge on any atom is 0.156 e. The van der Waals surface area contributed by atoms with Gasteiger partial charge in [0.05, 0.1) is 0 Å². The number of rotatable bonds is 4. The molecule has 0 aromatic carbocycles. The summed E-state index contributed by atoms with van der Waals surface area (Å²) in [7, 11) is 1.47. The van der Waals surface area contributed by atoms with E-state index in [0.717, 1.165) is 0 Å². The van der Waals surface area contributed by atoms with E-state index in [1.165, 1.54) is 18.1 Å². The molecule has 2 aromatic rings. The Morgan fingerprint density at radius 3 is 2.88 bits per heavy atom. The zero-order chi connectivity index (χ0) is 11.4. The number of hydrogen-bond acceptors (Lipinski definition) is 6. The average Bonchev–Trinajstić information content (AvgIpc) is 2.85. The predicted molar refractivity (Wildman–Crippen MR) is 52.8 cm³/mol. The van der Waals surface area contributed by atoms with Crippen molar-refractivity contribution in [3.05, 3.63) is 30.2 Å². The molecule has 0 N–H and O–H groups in total. The summed E-state index contributed by atoms with van der Waals surface area (Å²) in [5.74, 6) is 0.578. The maximum absolute atomic E-state index is 10.7. The van der Waals surface area contributed by atoms with E-state index >= 15 is 0 Å². The van der Waals surface area contributed by atoms with Gasteiger partial charge in [-0.1, -0.05) is 6.07 Å². The highest BCUT2D eigenvalue weighted by Gasteiger charge is 2.09. The summed E-state index contributed by atoms with van der Waals surface area (Å²) < 4.78 is 6.38. The number of pyridine rings is 1. The first-order chi connectivity index (χ1) is 7.85. The Labute approximate surface area is 91.1 Å². The van der Waals surface area contributed by atoms with Crippen molar-refractivity contribution in [1.82, 2.24) is 25.2 Å². The van der Waals surface area contributed by atoms with Crippen LogP contribution in [0.1, 0.15) is 11.7 Å². The number of aromatic nitrogens is 5. The number of carbonyl (C=O) groups is 1. The molecule has 0 saturated heterocycles. The first-order valence-electron chi connectivity index (χ1n) is 4.52. The van der Waals surface area contributed by atoms with Crippen LogP contribution in [0.25, 0.3) is 5.82 Å². The average molecular weight is 219 g/mol. The zero-order valence-electron chi connectivity index (χ0n) is 8.52. The molecule has 0 bridgehead atoms. The number of nitrogens with zero attached hydrogens (tertiary/aromatic N) is 5. The molecule has 0 unspecified atom stereocenters. The lowest BCUT2D eigenvalue weighted by molar-refractivity contribution is -0.116. The largest absolute Gasteiger partial charge is 0.369 e. The number of aldehydes is 1. The summed E-state index contributed by atoms with van der Waals surface area (Å²) in [6, 6.07) is 3.45. The molecule has 0 saturated carbocycles. The van der Waals surface area contributed by atoms with Gasteiger partial charge in [-0.05, 0) is 16.5 Å². The van der Waals surface area contributed by atoms with E-state index in [1.807, 2.05) is 0 Å².